The van der Waals surface area contributed by atoms with Crippen molar-refractivity contribution in [2.75, 3.05) is 31.1 Å². The summed E-state index contributed by atoms with van der Waals surface area (Å²) in [6.45, 7) is 8.03. The smallest absolute Gasteiger partial charge is 0.319 e. The van der Waals surface area contributed by atoms with Crippen LogP contribution in [-0.4, -0.2) is 82.0 Å². The van der Waals surface area contributed by atoms with E-state index in [2.05, 4.69) is 32.6 Å². The Balaban J connectivity index is 1.25. The van der Waals surface area contributed by atoms with Gasteiger partial charge in [0, 0.05) is 49.1 Å². The molecule has 0 amide bonds. The van der Waals surface area contributed by atoms with Crippen molar-refractivity contribution in [1.29, 1.82) is 0 Å². The number of rotatable bonds is 4. The van der Waals surface area contributed by atoms with E-state index in [1.54, 1.807) is 24.3 Å². The molecule has 2 bridgehead atoms. The molecule has 2 aromatic heterocycles. The number of nitrogens with zero attached hydrogens (tertiary/aromatic N) is 5. The summed E-state index contributed by atoms with van der Waals surface area (Å²) >= 11 is 0. The Bertz CT molecular complexity index is 2050. The summed E-state index contributed by atoms with van der Waals surface area (Å²) in [5.41, 5.74) is 0.524. The Labute approximate surface area is 270 Å². The Hall–Kier alpha value is -4.40. The summed E-state index contributed by atoms with van der Waals surface area (Å²) in [5, 5.41) is 5.08. The molecule has 0 unspecified atom stereocenters. The van der Waals surface area contributed by atoms with Crippen LogP contribution in [0.4, 0.5) is 19.0 Å². The van der Waals surface area contributed by atoms with Crippen molar-refractivity contribution < 1.29 is 22.6 Å². The molecule has 1 N–H and O–H groups in total. The maximum Gasteiger partial charge on any atom is 0.319 e. The molecule has 0 saturated carbocycles. The third-order valence-corrected chi connectivity index (χ3v) is 11.0. The van der Waals surface area contributed by atoms with E-state index in [1.807, 2.05) is 6.92 Å². The molecule has 4 saturated heterocycles. The average molecular weight is 639 g/mol. The van der Waals surface area contributed by atoms with Gasteiger partial charge in [-0.15, -0.1) is 6.42 Å². The van der Waals surface area contributed by atoms with Gasteiger partial charge in [0.25, 0.3) is 0 Å². The summed E-state index contributed by atoms with van der Waals surface area (Å²) in [5.74, 6) is 1.82. The first-order valence-corrected chi connectivity index (χ1v) is 16.2. The number of benzene rings is 2. The van der Waals surface area contributed by atoms with E-state index in [4.69, 9.17) is 25.9 Å². The van der Waals surface area contributed by atoms with Gasteiger partial charge in [0.15, 0.2) is 5.82 Å². The molecule has 5 aliphatic rings. The van der Waals surface area contributed by atoms with Crippen molar-refractivity contribution in [3.8, 4) is 35.5 Å². The van der Waals surface area contributed by atoms with Gasteiger partial charge in [-0.2, -0.15) is 9.97 Å². The van der Waals surface area contributed by atoms with E-state index in [9.17, 15) is 8.78 Å². The molecular weight excluding hydrogens is 605 g/mol. The first-order valence-electron chi connectivity index (χ1n) is 16.2. The topological polar surface area (TPSA) is 75.6 Å². The van der Waals surface area contributed by atoms with Gasteiger partial charge < -0.3 is 19.7 Å². The highest BCUT2D eigenvalue weighted by Crippen LogP contribution is 2.46. The van der Waals surface area contributed by atoms with Crippen LogP contribution in [0.5, 0.6) is 11.9 Å². The summed E-state index contributed by atoms with van der Waals surface area (Å²) in [6, 6.07) is 8.41. The van der Waals surface area contributed by atoms with Gasteiger partial charge in [-0.1, -0.05) is 42.3 Å². The van der Waals surface area contributed by atoms with E-state index in [0.29, 0.717) is 47.2 Å². The fourth-order valence-corrected chi connectivity index (χ4v) is 8.81. The van der Waals surface area contributed by atoms with Gasteiger partial charge >= 0.3 is 6.01 Å². The standard InChI is InChI=1S/C36H33F3N6O2/c1-4-23-25(38)10-8-20-6-5-7-24(27(20)23)30-29(39)31-28-33(45-16-22-9-11-26(40-22)32(45)19(3)47-34(28)41-30)43-35(42-31)46-17-36-14-21(37)15-44(36)13-12-18(36)2/h1,5-8,10,19,21-22,26,32,40H,2,9,11-17H2,3H3/t19-,21+,22+,26-,32+,36+/m0/s1. The third kappa shape index (κ3) is 4.14. The second-order valence-corrected chi connectivity index (χ2v) is 13.5. The maximum atomic E-state index is 17.1. The average Bonchev–Trinajstić information content (AvgIpc) is 3.68. The van der Waals surface area contributed by atoms with Gasteiger partial charge in [-0.05, 0) is 37.6 Å². The molecule has 6 atom stereocenters. The number of pyridine rings is 1. The monoisotopic (exact) mass is 638 g/mol. The van der Waals surface area contributed by atoms with E-state index in [-0.39, 0.29) is 65.9 Å². The quantitative estimate of drug-likeness (QED) is 0.238. The number of halogens is 3. The van der Waals surface area contributed by atoms with Crippen LogP contribution in [0.1, 0.15) is 38.2 Å². The summed E-state index contributed by atoms with van der Waals surface area (Å²) in [4.78, 5) is 18.6. The fraction of sp³-hybridized carbons (Fsp3) is 0.417. The highest BCUT2D eigenvalue weighted by molar-refractivity contribution is 6.03. The molecule has 4 fully saturated rings. The molecule has 0 aliphatic carbocycles. The second kappa shape index (κ2) is 10.3. The first kappa shape index (κ1) is 28.8. The number of ether oxygens (including phenoxy) is 2. The van der Waals surface area contributed by atoms with Crippen LogP contribution < -0.4 is 19.7 Å². The number of anilines is 1. The van der Waals surface area contributed by atoms with Crippen molar-refractivity contribution in [1.82, 2.24) is 25.2 Å². The lowest BCUT2D eigenvalue weighted by atomic mass is 9.90. The zero-order chi connectivity index (χ0) is 32.2. The number of hydrogen-bond acceptors (Lipinski definition) is 8. The highest BCUT2D eigenvalue weighted by Gasteiger charge is 2.52. The van der Waals surface area contributed by atoms with Gasteiger partial charge in [0.2, 0.25) is 5.88 Å². The Kier molecular flexibility index (Phi) is 6.31. The van der Waals surface area contributed by atoms with Crippen LogP contribution in [0.15, 0.2) is 42.5 Å². The minimum atomic E-state index is -0.986. The number of piperazine rings is 1. The summed E-state index contributed by atoms with van der Waals surface area (Å²) in [6.07, 6.45) is 7.47. The van der Waals surface area contributed by atoms with Crippen molar-refractivity contribution in [2.45, 2.75) is 68.5 Å². The highest BCUT2D eigenvalue weighted by atomic mass is 19.1. The molecule has 0 spiro atoms. The molecular formula is C36H33F3N6O2. The van der Waals surface area contributed by atoms with Gasteiger partial charge in [0.05, 0.1) is 17.1 Å². The Morgan fingerprint density at radius 3 is 2.87 bits per heavy atom. The lowest BCUT2D eigenvalue weighted by molar-refractivity contribution is 0.130. The maximum absolute atomic E-state index is 17.1. The number of terminal acetylenes is 1. The lowest BCUT2D eigenvalue weighted by Gasteiger charge is -2.42. The van der Waals surface area contributed by atoms with E-state index in [1.165, 1.54) is 6.07 Å². The third-order valence-electron chi connectivity index (χ3n) is 11.0. The number of alkyl halides is 1. The molecule has 9 rings (SSSR count). The number of fused-ring (bicyclic) bond motifs is 7. The molecule has 8 nitrogen and oxygen atoms in total. The number of aromatic nitrogens is 3. The van der Waals surface area contributed by atoms with E-state index < -0.39 is 23.3 Å². The normalized spacial score (nSPS) is 29.5. The first-order chi connectivity index (χ1) is 22.8. The predicted octanol–water partition coefficient (Wildman–Crippen LogP) is 5.32. The second-order valence-electron chi connectivity index (χ2n) is 13.5. The summed E-state index contributed by atoms with van der Waals surface area (Å²) < 4.78 is 59.6. The lowest BCUT2D eigenvalue weighted by Crippen LogP contribution is -2.62. The molecule has 11 heteroatoms. The van der Waals surface area contributed by atoms with Gasteiger partial charge in [-0.3, -0.25) is 4.90 Å². The zero-order valence-corrected chi connectivity index (χ0v) is 25.9. The van der Waals surface area contributed by atoms with Crippen molar-refractivity contribution in [3.63, 3.8) is 0 Å². The zero-order valence-electron chi connectivity index (χ0n) is 25.9. The van der Waals surface area contributed by atoms with Crippen LogP contribution in [0.2, 0.25) is 0 Å². The molecule has 0 radical (unpaired) electrons. The molecule has 5 aliphatic heterocycles. The van der Waals surface area contributed by atoms with Crippen LogP contribution in [0.25, 0.3) is 32.9 Å². The van der Waals surface area contributed by atoms with Crippen molar-refractivity contribution in [3.05, 3.63) is 59.7 Å². The predicted molar refractivity (Wildman–Crippen MR) is 172 cm³/mol. The molecule has 2 aromatic carbocycles. The van der Waals surface area contributed by atoms with Crippen LogP contribution in [0.3, 0.4) is 0 Å². The van der Waals surface area contributed by atoms with Crippen LogP contribution in [-0.2, 0) is 0 Å². The summed E-state index contributed by atoms with van der Waals surface area (Å²) in [7, 11) is 0. The fourth-order valence-electron chi connectivity index (χ4n) is 8.81. The number of hydrogen-bond donors (Lipinski definition) is 1. The van der Waals surface area contributed by atoms with Gasteiger partial charge in [-0.25, -0.2) is 18.2 Å². The molecule has 7 heterocycles. The van der Waals surface area contributed by atoms with E-state index in [0.717, 1.165) is 24.8 Å². The largest absolute Gasteiger partial charge is 0.472 e. The van der Waals surface area contributed by atoms with Crippen molar-refractivity contribution in [2.24, 2.45) is 0 Å². The van der Waals surface area contributed by atoms with Crippen LogP contribution >= 0.6 is 0 Å². The Morgan fingerprint density at radius 2 is 2.02 bits per heavy atom. The van der Waals surface area contributed by atoms with E-state index >= 15 is 4.39 Å². The minimum Gasteiger partial charge on any atom is -0.472 e. The molecule has 4 aromatic rings. The minimum absolute atomic E-state index is 0.0155. The van der Waals surface area contributed by atoms with Gasteiger partial charge in [0.1, 0.15) is 47.1 Å². The van der Waals surface area contributed by atoms with Crippen LogP contribution in [0, 0.1) is 24.0 Å². The molecule has 240 valence electrons. The van der Waals surface area contributed by atoms with Crippen molar-refractivity contribution >= 4 is 27.5 Å². The Morgan fingerprint density at radius 1 is 1.15 bits per heavy atom. The SMILES string of the molecule is C#Cc1c(F)ccc2cccc(-c3nc4c5c(nc(OC[C@@]67C[C@@H](F)CN6CCC7=C)nc5c3F)N3C[C@H]5CC[C@H](N5)[C@H]3[C@H](C)O4)c12. The molecule has 47 heavy (non-hydrogen) atoms. The number of nitrogens with one attached hydrogen (secondary N) is 1.